The van der Waals surface area contributed by atoms with E-state index in [0.717, 1.165) is 17.5 Å². The first-order chi connectivity index (χ1) is 6.88. The van der Waals surface area contributed by atoms with Gasteiger partial charge in [0.2, 0.25) is 5.03 Å². The molecule has 1 aromatic rings. The van der Waals surface area contributed by atoms with E-state index in [4.69, 9.17) is 11.6 Å². The SMILES string of the molecule is CCCCn1nc(C)c(Cl)c1S(=O)(=O)F. The maximum Gasteiger partial charge on any atom is 0.350 e. The smallest absolute Gasteiger partial charge is 0.250 e. The molecule has 1 heterocycles. The van der Waals surface area contributed by atoms with Crippen molar-refractivity contribution in [2.45, 2.75) is 38.3 Å². The van der Waals surface area contributed by atoms with Gasteiger partial charge in [-0.15, -0.1) is 0 Å². The monoisotopic (exact) mass is 254 g/mol. The predicted molar refractivity (Wildman–Crippen MR) is 55.2 cm³/mol. The fourth-order valence-electron chi connectivity index (χ4n) is 1.23. The lowest BCUT2D eigenvalue weighted by molar-refractivity contribution is 0.495. The molecule has 0 N–H and O–H groups in total. The highest BCUT2D eigenvalue weighted by Gasteiger charge is 2.25. The summed E-state index contributed by atoms with van der Waals surface area (Å²) in [6, 6.07) is 0. The van der Waals surface area contributed by atoms with Gasteiger partial charge in [0.25, 0.3) is 0 Å². The highest BCUT2D eigenvalue weighted by molar-refractivity contribution is 7.86. The van der Waals surface area contributed by atoms with Crippen LogP contribution in [0, 0.1) is 6.92 Å². The molecular formula is C8H12ClFN2O2S. The minimum absolute atomic E-state index is 0.131. The second-order valence-electron chi connectivity index (χ2n) is 3.22. The molecular weight excluding hydrogens is 243 g/mol. The lowest BCUT2D eigenvalue weighted by Gasteiger charge is -2.02. The Hall–Kier alpha value is -0.620. The highest BCUT2D eigenvalue weighted by Crippen LogP contribution is 2.26. The molecule has 7 heteroatoms. The minimum atomic E-state index is -4.81. The van der Waals surface area contributed by atoms with Gasteiger partial charge in [-0.3, -0.25) is 4.68 Å². The van der Waals surface area contributed by atoms with E-state index in [1.807, 2.05) is 6.92 Å². The molecule has 0 unspecified atom stereocenters. The fraction of sp³-hybridized carbons (Fsp3) is 0.625. The van der Waals surface area contributed by atoms with Gasteiger partial charge in [0.1, 0.15) is 5.02 Å². The zero-order valence-corrected chi connectivity index (χ0v) is 10.1. The number of aromatic nitrogens is 2. The third-order valence-corrected chi connectivity index (χ3v) is 3.41. The van der Waals surface area contributed by atoms with Gasteiger partial charge in [-0.05, 0) is 13.3 Å². The molecule has 0 saturated heterocycles. The van der Waals surface area contributed by atoms with Crippen molar-refractivity contribution in [2.75, 3.05) is 0 Å². The minimum Gasteiger partial charge on any atom is -0.250 e. The lowest BCUT2D eigenvalue weighted by Crippen LogP contribution is -2.08. The fourth-order valence-corrected chi connectivity index (χ4v) is 2.39. The summed E-state index contributed by atoms with van der Waals surface area (Å²) >= 11 is 5.68. The van der Waals surface area contributed by atoms with E-state index in [1.54, 1.807) is 6.92 Å². The van der Waals surface area contributed by atoms with Crippen LogP contribution in [0.5, 0.6) is 0 Å². The van der Waals surface area contributed by atoms with Gasteiger partial charge in [0, 0.05) is 6.54 Å². The molecule has 0 radical (unpaired) electrons. The molecule has 1 rings (SSSR count). The quantitative estimate of drug-likeness (QED) is 0.775. The van der Waals surface area contributed by atoms with Gasteiger partial charge in [0.05, 0.1) is 5.69 Å². The molecule has 86 valence electrons. The first kappa shape index (κ1) is 12.4. The van der Waals surface area contributed by atoms with Crippen molar-refractivity contribution in [3.8, 4) is 0 Å². The summed E-state index contributed by atoms with van der Waals surface area (Å²) in [5.41, 5.74) is 0.323. The molecule has 0 amide bonds. The van der Waals surface area contributed by atoms with Crippen LogP contribution in [-0.4, -0.2) is 18.2 Å². The Morgan fingerprint density at radius 3 is 2.60 bits per heavy atom. The third kappa shape index (κ3) is 2.69. The van der Waals surface area contributed by atoms with E-state index in [1.165, 1.54) is 0 Å². The van der Waals surface area contributed by atoms with Crippen molar-refractivity contribution in [3.63, 3.8) is 0 Å². The summed E-state index contributed by atoms with van der Waals surface area (Å²) in [5, 5.41) is 3.22. The van der Waals surface area contributed by atoms with Gasteiger partial charge in [-0.25, -0.2) is 0 Å². The Morgan fingerprint density at radius 2 is 2.13 bits per heavy atom. The van der Waals surface area contributed by atoms with Crippen LogP contribution >= 0.6 is 11.6 Å². The molecule has 0 saturated carbocycles. The van der Waals surface area contributed by atoms with Gasteiger partial charge < -0.3 is 0 Å². The second-order valence-corrected chi connectivity index (χ2v) is 4.86. The summed E-state index contributed by atoms with van der Waals surface area (Å²) in [4.78, 5) is 0. The summed E-state index contributed by atoms with van der Waals surface area (Å²) in [7, 11) is -4.81. The summed E-state index contributed by atoms with van der Waals surface area (Å²) < 4.78 is 35.7. The Morgan fingerprint density at radius 1 is 1.53 bits per heavy atom. The van der Waals surface area contributed by atoms with Crippen molar-refractivity contribution >= 4 is 21.8 Å². The molecule has 0 atom stereocenters. The zero-order valence-electron chi connectivity index (χ0n) is 8.50. The molecule has 1 aromatic heterocycles. The van der Waals surface area contributed by atoms with E-state index < -0.39 is 15.2 Å². The van der Waals surface area contributed by atoms with Crippen LogP contribution in [0.4, 0.5) is 3.89 Å². The topological polar surface area (TPSA) is 52.0 Å². The standard InChI is InChI=1S/C8H12ClFN2O2S/c1-3-4-5-12-8(15(10,13)14)7(9)6(2)11-12/h3-5H2,1-2H3. The molecule has 4 nitrogen and oxygen atoms in total. The van der Waals surface area contributed by atoms with E-state index >= 15 is 0 Å². The van der Waals surface area contributed by atoms with Gasteiger partial charge >= 0.3 is 10.2 Å². The molecule has 0 aliphatic carbocycles. The maximum atomic E-state index is 12.9. The molecule has 0 aliphatic rings. The van der Waals surface area contributed by atoms with Crippen molar-refractivity contribution < 1.29 is 12.3 Å². The maximum absolute atomic E-state index is 12.9. The molecule has 0 fully saturated rings. The number of hydrogen-bond donors (Lipinski definition) is 0. The van der Waals surface area contributed by atoms with Crippen LogP contribution in [0.15, 0.2) is 5.03 Å². The van der Waals surface area contributed by atoms with E-state index in [9.17, 15) is 12.3 Å². The lowest BCUT2D eigenvalue weighted by atomic mass is 10.3. The number of halogens is 2. The zero-order chi connectivity index (χ0) is 11.6. The van der Waals surface area contributed by atoms with Crippen LogP contribution in [-0.2, 0) is 16.8 Å². The average Bonchev–Trinajstić information content (AvgIpc) is 2.38. The van der Waals surface area contributed by atoms with Crippen molar-refractivity contribution in [2.24, 2.45) is 0 Å². The predicted octanol–water partition coefficient (Wildman–Crippen LogP) is 2.30. The Labute approximate surface area is 93.3 Å². The molecule has 0 aliphatic heterocycles. The van der Waals surface area contributed by atoms with Crippen LogP contribution < -0.4 is 0 Å². The van der Waals surface area contributed by atoms with E-state index in [2.05, 4.69) is 5.10 Å². The second kappa shape index (κ2) is 4.49. The molecule has 15 heavy (non-hydrogen) atoms. The first-order valence-corrected chi connectivity index (χ1v) is 6.31. The Kier molecular flexibility index (Phi) is 3.72. The van der Waals surface area contributed by atoms with E-state index in [-0.39, 0.29) is 5.02 Å². The normalized spacial score (nSPS) is 12.0. The third-order valence-electron chi connectivity index (χ3n) is 1.96. The van der Waals surface area contributed by atoms with Crippen LogP contribution in [0.3, 0.4) is 0 Å². The Balaban J connectivity index is 3.22. The van der Waals surface area contributed by atoms with Crippen molar-refractivity contribution in [1.82, 2.24) is 9.78 Å². The Bertz CT molecular complexity index is 455. The van der Waals surface area contributed by atoms with Gasteiger partial charge in [0.15, 0.2) is 0 Å². The number of aryl methyl sites for hydroxylation is 2. The van der Waals surface area contributed by atoms with Gasteiger partial charge in [-0.2, -0.15) is 13.5 Å². The summed E-state index contributed by atoms with van der Waals surface area (Å²) in [5.74, 6) is 0. The van der Waals surface area contributed by atoms with E-state index in [0.29, 0.717) is 12.2 Å². The van der Waals surface area contributed by atoms with Crippen LogP contribution in [0.1, 0.15) is 25.5 Å². The summed E-state index contributed by atoms with van der Waals surface area (Å²) in [6.07, 6.45) is 1.59. The highest BCUT2D eigenvalue weighted by atomic mass is 35.5. The molecule has 0 aromatic carbocycles. The number of nitrogens with zero attached hydrogens (tertiary/aromatic N) is 2. The number of hydrogen-bond acceptors (Lipinski definition) is 3. The molecule has 0 spiro atoms. The van der Waals surface area contributed by atoms with Crippen molar-refractivity contribution in [3.05, 3.63) is 10.7 Å². The van der Waals surface area contributed by atoms with Gasteiger partial charge in [-0.1, -0.05) is 28.8 Å². The number of rotatable bonds is 4. The largest absolute Gasteiger partial charge is 0.350 e. The van der Waals surface area contributed by atoms with Crippen LogP contribution in [0.25, 0.3) is 0 Å². The molecule has 0 bridgehead atoms. The first-order valence-electron chi connectivity index (χ1n) is 4.55. The summed E-state index contributed by atoms with van der Waals surface area (Å²) in [6.45, 7) is 3.84. The van der Waals surface area contributed by atoms with Crippen LogP contribution in [0.2, 0.25) is 5.02 Å². The number of unbranched alkanes of at least 4 members (excludes halogenated alkanes) is 1. The van der Waals surface area contributed by atoms with Crippen molar-refractivity contribution in [1.29, 1.82) is 0 Å². The average molecular weight is 255 g/mol.